The smallest absolute Gasteiger partial charge is 0.331 e. The second-order valence-electron chi connectivity index (χ2n) is 19.6. The van der Waals surface area contributed by atoms with Crippen LogP contribution in [0.25, 0.3) is 44.2 Å². The van der Waals surface area contributed by atoms with E-state index in [0.29, 0.717) is 0 Å². The minimum absolute atomic E-state index is 0.156. The number of benzene rings is 6. The summed E-state index contributed by atoms with van der Waals surface area (Å²) in [6, 6.07) is 43.5. The third kappa shape index (κ3) is 6.41. The van der Waals surface area contributed by atoms with Crippen molar-refractivity contribution >= 4 is 68.7 Å². The Labute approximate surface area is 405 Å². The third-order valence-electron chi connectivity index (χ3n) is 15.3. The summed E-state index contributed by atoms with van der Waals surface area (Å²) in [5.74, 6) is 0. The zero-order valence-electron chi connectivity index (χ0n) is 38.9. The van der Waals surface area contributed by atoms with E-state index < -0.39 is 0 Å². The van der Waals surface area contributed by atoms with Gasteiger partial charge < -0.3 is 9.71 Å². The minimum atomic E-state index is -0.200. The molecule has 13 rings (SSSR count). The fourth-order valence-electron chi connectivity index (χ4n) is 11.9. The predicted molar refractivity (Wildman–Crippen MR) is 293 cm³/mol. The third-order valence-corrected chi connectivity index (χ3v) is 16.2. The van der Waals surface area contributed by atoms with Crippen molar-refractivity contribution in [2.75, 3.05) is 9.71 Å². The zero-order valence-corrected chi connectivity index (χ0v) is 39.7. The Balaban J connectivity index is 1.17. The molecule has 0 spiro atoms. The van der Waals surface area contributed by atoms with E-state index in [1.807, 2.05) is 11.8 Å². The highest BCUT2D eigenvalue weighted by Crippen LogP contribution is 2.57. The van der Waals surface area contributed by atoms with Crippen LogP contribution in [0.1, 0.15) is 56.2 Å². The molecule has 7 aliphatic rings. The molecule has 4 aliphatic carbocycles. The number of rotatable bonds is 4. The van der Waals surface area contributed by atoms with Gasteiger partial charge in [-0.25, -0.2) is 0 Å². The molecule has 3 heterocycles. The molecule has 0 N–H and O–H groups in total. The molecule has 0 aromatic heterocycles. The van der Waals surface area contributed by atoms with Crippen LogP contribution < -0.4 is 15.2 Å². The van der Waals surface area contributed by atoms with E-state index in [1.165, 1.54) is 105 Å². The monoisotopic (exact) mass is 890 g/mol. The van der Waals surface area contributed by atoms with E-state index in [2.05, 4.69) is 224 Å². The lowest BCUT2D eigenvalue weighted by Gasteiger charge is -2.44. The lowest BCUT2D eigenvalue weighted by molar-refractivity contribution is 0.538. The Hall–Kier alpha value is -7.27. The van der Waals surface area contributed by atoms with Gasteiger partial charge in [0, 0.05) is 38.6 Å². The van der Waals surface area contributed by atoms with Crippen LogP contribution in [0.3, 0.4) is 0 Å². The molecule has 2 nitrogen and oxygen atoms in total. The Bertz CT molecular complexity index is 3530. The quantitative estimate of drug-likeness (QED) is 0.163. The first-order chi connectivity index (χ1) is 33.3. The van der Waals surface area contributed by atoms with Crippen LogP contribution in [0, 0.1) is 12.3 Å². The van der Waals surface area contributed by atoms with Crippen molar-refractivity contribution in [2.24, 2.45) is 5.41 Å². The van der Waals surface area contributed by atoms with Crippen LogP contribution in [0.4, 0.5) is 22.7 Å². The topological polar surface area (TPSA) is 6.48 Å². The number of anilines is 4. The fraction of sp³-hybridized carbons (Fsp3) is 0.125. The van der Waals surface area contributed by atoms with Gasteiger partial charge in [0.2, 0.25) is 0 Å². The van der Waals surface area contributed by atoms with Crippen LogP contribution in [0.2, 0.25) is 0 Å². The van der Waals surface area contributed by atoms with Crippen molar-refractivity contribution in [3.8, 4) is 22.3 Å². The Morgan fingerprint density at radius 3 is 2.28 bits per heavy atom. The van der Waals surface area contributed by atoms with Gasteiger partial charge >= 0.3 is 6.85 Å². The number of hydrogen-bond donors (Lipinski definition) is 0. The summed E-state index contributed by atoms with van der Waals surface area (Å²) in [6.45, 7) is 11.8. The number of nitrogens with zero attached hydrogens (tertiary/aromatic N) is 2. The molecule has 326 valence electrons. The lowest BCUT2D eigenvalue weighted by atomic mass is 9.43. The first kappa shape index (κ1) is 41.0. The highest BCUT2D eigenvalue weighted by Gasteiger charge is 2.47. The molecule has 2 bridgehead atoms. The van der Waals surface area contributed by atoms with Gasteiger partial charge in [0.05, 0.1) is 5.69 Å². The summed E-state index contributed by atoms with van der Waals surface area (Å²) in [4.78, 5) is 6.52. The van der Waals surface area contributed by atoms with Crippen molar-refractivity contribution in [2.45, 2.75) is 51.3 Å². The van der Waals surface area contributed by atoms with Crippen LogP contribution >= 0.6 is 11.8 Å². The lowest BCUT2D eigenvalue weighted by Crippen LogP contribution is -2.53. The maximum atomic E-state index is 4.79. The van der Waals surface area contributed by atoms with Gasteiger partial charge in [-0.05, 0) is 176 Å². The second kappa shape index (κ2) is 15.9. The minimum Gasteiger partial charge on any atom is -0.376 e. The zero-order chi connectivity index (χ0) is 45.7. The number of aryl methyl sites for hydroxylation is 1. The molecule has 0 saturated carbocycles. The van der Waals surface area contributed by atoms with E-state index in [9.17, 15) is 0 Å². The summed E-state index contributed by atoms with van der Waals surface area (Å²) < 4.78 is 0. The molecular weight excluding hydrogens is 840 g/mol. The summed E-state index contributed by atoms with van der Waals surface area (Å²) >= 11 is 1.81. The van der Waals surface area contributed by atoms with Crippen LogP contribution in [-0.2, 0) is 0 Å². The summed E-state index contributed by atoms with van der Waals surface area (Å²) in [5.41, 5.74) is 24.8. The second-order valence-corrected chi connectivity index (χ2v) is 20.5. The van der Waals surface area contributed by atoms with Gasteiger partial charge in [0.25, 0.3) is 0 Å². The molecule has 6 aromatic carbocycles. The van der Waals surface area contributed by atoms with Gasteiger partial charge in [-0.15, -0.1) is 0 Å². The largest absolute Gasteiger partial charge is 0.376 e. The SMILES string of the molecule is C=C1/C=C\C=C/Sc2c1cc1c3c2N(c2ccc(-c4ccccc4)cc2C)C2=C/C=C(\C=C4\C5=C(CCC=C5)C(C)(C)\C4=C\2)B3N(c2ccc(C3=CCCC=C3)cc2)c2cc3ccccc3cc2-1. The molecule has 0 atom stereocenters. The maximum Gasteiger partial charge on any atom is 0.331 e. The van der Waals surface area contributed by atoms with Crippen molar-refractivity contribution in [1.29, 1.82) is 0 Å². The van der Waals surface area contributed by atoms with Crippen LogP contribution in [0.5, 0.6) is 0 Å². The van der Waals surface area contributed by atoms with E-state index in [0.717, 1.165) is 42.5 Å². The molecule has 6 aromatic rings. The van der Waals surface area contributed by atoms with E-state index in [1.54, 1.807) is 5.57 Å². The average Bonchev–Trinajstić information content (AvgIpc) is 3.56. The van der Waals surface area contributed by atoms with Gasteiger partial charge in [0.15, 0.2) is 0 Å². The Kier molecular flexibility index (Phi) is 9.60. The number of thioether (sulfide) groups is 1. The average molecular weight is 891 g/mol. The normalized spacial score (nSPS) is 22.4. The maximum absolute atomic E-state index is 4.79. The van der Waals surface area contributed by atoms with Crippen molar-refractivity contribution < 1.29 is 0 Å². The molecule has 0 fully saturated rings. The summed E-state index contributed by atoms with van der Waals surface area (Å²) in [5, 5.41) is 4.71. The molecule has 0 radical (unpaired) electrons. The summed E-state index contributed by atoms with van der Waals surface area (Å²) in [6.07, 6.45) is 32.5. The molecule has 4 heteroatoms. The molecule has 68 heavy (non-hydrogen) atoms. The van der Waals surface area contributed by atoms with Crippen LogP contribution in [-0.4, -0.2) is 6.85 Å². The highest BCUT2D eigenvalue weighted by molar-refractivity contribution is 8.02. The molecule has 0 saturated heterocycles. The Morgan fingerprint density at radius 1 is 0.676 bits per heavy atom. The number of fused-ring (bicyclic) bond motifs is 9. The molecule has 0 amide bonds. The van der Waals surface area contributed by atoms with E-state index in [4.69, 9.17) is 6.58 Å². The van der Waals surface area contributed by atoms with Gasteiger partial charge in [-0.1, -0.05) is 171 Å². The van der Waals surface area contributed by atoms with Crippen molar-refractivity contribution in [3.63, 3.8) is 0 Å². The first-order valence-corrected chi connectivity index (χ1v) is 25.1. The van der Waals surface area contributed by atoms with Gasteiger partial charge in [-0.2, -0.15) is 0 Å². The van der Waals surface area contributed by atoms with E-state index >= 15 is 0 Å². The molecular formula is C64H51BN2S. The van der Waals surface area contributed by atoms with Gasteiger partial charge in [0.1, 0.15) is 0 Å². The first-order valence-electron chi connectivity index (χ1n) is 24.2. The standard InChI is InChI=1S/C64H51BN2S/c1-41-17-15-16-34-68-63-53(41)40-56-55-36-46-22-11-12-23-47(46)37-60(55)67(50-30-26-45(27-31-50)43-18-7-5-8-19-43)65-49-29-32-51(39-58-54(38-49)52-24-13-14-25-57(52)64(58,3)4)66(62(63)61(56)65)59-33-28-48(35-42(59)2)44-20-9-6-10-21-44/h6-7,9-13,15-24,26-40H,1,5,8,14,25H2,2-4H3/b17-15-,32-29?,34-16-,49-29+,49-38?,51-32+,51-39?,54-38-,58-39+. The van der Waals surface area contributed by atoms with Crippen molar-refractivity contribution in [1.82, 2.24) is 0 Å². The Morgan fingerprint density at radius 2 is 1.47 bits per heavy atom. The summed E-state index contributed by atoms with van der Waals surface area (Å²) in [7, 11) is 0. The predicted octanol–water partition coefficient (Wildman–Crippen LogP) is 16.8. The number of allylic oxidation sites excluding steroid dienone is 19. The fourth-order valence-corrected chi connectivity index (χ4v) is 12.9. The highest BCUT2D eigenvalue weighted by atomic mass is 32.2. The van der Waals surface area contributed by atoms with Crippen molar-refractivity contribution in [3.05, 3.63) is 250 Å². The van der Waals surface area contributed by atoms with Gasteiger partial charge in [-0.3, -0.25) is 0 Å². The molecule has 0 unspecified atom stereocenters. The van der Waals surface area contributed by atoms with Crippen LogP contribution in [0.15, 0.2) is 239 Å². The molecule has 3 aliphatic heterocycles. The van der Waals surface area contributed by atoms with E-state index in [-0.39, 0.29) is 12.3 Å². The number of hydrogen-bond acceptors (Lipinski definition) is 3.